The Morgan fingerprint density at radius 3 is 2.65 bits per heavy atom. The van der Waals surface area contributed by atoms with E-state index in [1.165, 1.54) is 0 Å². The minimum atomic E-state index is 0.487. The number of aliphatic imine (C=N–C) groups is 1. The average molecular weight is 458 g/mol. The molecular formula is C29H39N5. The molecule has 5 nitrogen and oxygen atoms in total. The van der Waals surface area contributed by atoms with Gasteiger partial charge in [-0.05, 0) is 49.1 Å². The minimum absolute atomic E-state index is 0.487. The van der Waals surface area contributed by atoms with Gasteiger partial charge in [0.25, 0.3) is 0 Å². The molecule has 1 aromatic heterocycles. The number of aromatic nitrogens is 1. The average Bonchev–Trinajstić information content (AvgIpc) is 3.36. The van der Waals surface area contributed by atoms with E-state index in [1.54, 1.807) is 7.05 Å². The molecule has 2 aromatic rings. The van der Waals surface area contributed by atoms with Gasteiger partial charge in [0.1, 0.15) is 11.5 Å². The van der Waals surface area contributed by atoms with Gasteiger partial charge in [-0.25, -0.2) is 4.98 Å². The summed E-state index contributed by atoms with van der Waals surface area (Å²) in [6.45, 7) is 12.5. The van der Waals surface area contributed by atoms with E-state index < -0.39 is 0 Å². The lowest BCUT2D eigenvalue weighted by atomic mass is 10.0. The van der Waals surface area contributed by atoms with Gasteiger partial charge in [0.05, 0.1) is 5.56 Å². The summed E-state index contributed by atoms with van der Waals surface area (Å²) in [5.74, 6) is 1.40. The largest absolute Gasteiger partial charge is 0.383 e. The van der Waals surface area contributed by atoms with Crippen LogP contribution in [-0.4, -0.2) is 56.9 Å². The molecule has 1 aliphatic rings. The highest BCUT2D eigenvalue weighted by Crippen LogP contribution is 2.31. The van der Waals surface area contributed by atoms with Crippen molar-refractivity contribution in [3.05, 3.63) is 72.5 Å². The molecule has 2 N–H and O–H groups in total. The molecule has 1 aromatic carbocycles. The van der Waals surface area contributed by atoms with Crippen molar-refractivity contribution < 1.29 is 0 Å². The second-order valence-corrected chi connectivity index (χ2v) is 8.21. The van der Waals surface area contributed by atoms with Gasteiger partial charge in [-0.2, -0.15) is 0 Å². The topological polar surface area (TPSA) is 57.8 Å². The molecule has 1 saturated heterocycles. The zero-order chi connectivity index (χ0) is 25.1. The zero-order valence-electron chi connectivity index (χ0n) is 21.6. The van der Waals surface area contributed by atoms with Crippen molar-refractivity contribution in [2.24, 2.45) is 16.6 Å². The first-order valence-corrected chi connectivity index (χ1v) is 12.0. The molecule has 1 fully saturated rings. The Kier molecular flexibility index (Phi) is 10.6. The summed E-state index contributed by atoms with van der Waals surface area (Å²) in [7, 11) is 5.79. The third kappa shape index (κ3) is 6.59. The molecule has 1 unspecified atom stereocenters. The lowest BCUT2D eigenvalue weighted by molar-refractivity contribution is 0.566. The fourth-order valence-electron chi connectivity index (χ4n) is 3.94. The number of nitrogens with zero attached hydrogens (tertiary/aromatic N) is 4. The van der Waals surface area contributed by atoms with Gasteiger partial charge in [-0.1, -0.05) is 56.8 Å². The monoisotopic (exact) mass is 457 g/mol. The maximum Gasteiger partial charge on any atom is 0.146 e. The number of nitrogens with two attached hydrogens (primary N) is 1. The summed E-state index contributed by atoms with van der Waals surface area (Å²) >= 11 is 0. The van der Waals surface area contributed by atoms with Gasteiger partial charge in [0, 0.05) is 57.8 Å². The second kappa shape index (κ2) is 13.4. The van der Waals surface area contributed by atoms with E-state index in [4.69, 9.17) is 10.7 Å². The molecule has 0 saturated carbocycles. The molecular weight excluding hydrogens is 418 g/mol. The standard InChI is InChI=1S/C27H33N5.C2H6/c1-6-21(17-29-3)25-11-12-26(30-27(25)32-14-13-20(16-28)18-32)24-10-8-9-23(15-24)22(7-2)19-31(4)5;1-2/h6-10,15,17,19-20H,2,13-14,16,18,28H2,1,3-5H3;1-2H3/b21-6+,22-19+,29-17?;. The van der Waals surface area contributed by atoms with Crippen molar-refractivity contribution in [3.8, 4) is 11.3 Å². The molecule has 0 bridgehead atoms. The van der Waals surface area contributed by atoms with Crippen molar-refractivity contribution in [1.82, 2.24) is 9.88 Å². The maximum absolute atomic E-state index is 5.95. The molecule has 5 heteroatoms. The third-order valence-electron chi connectivity index (χ3n) is 5.62. The molecule has 3 rings (SSSR count). The lowest BCUT2D eigenvalue weighted by Crippen LogP contribution is -2.24. The Morgan fingerprint density at radius 1 is 1.29 bits per heavy atom. The van der Waals surface area contributed by atoms with Crippen LogP contribution in [0.4, 0.5) is 5.82 Å². The molecule has 180 valence electrons. The van der Waals surface area contributed by atoms with E-state index >= 15 is 0 Å². The van der Waals surface area contributed by atoms with Crippen molar-refractivity contribution in [3.63, 3.8) is 0 Å². The minimum Gasteiger partial charge on any atom is -0.383 e. The van der Waals surface area contributed by atoms with Crippen molar-refractivity contribution in [2.75, 3.05) is 45.7 Å². The number of benzene rings is 1. The van der Waals surface area contributed by atoms with Crippen molar-refractivity contribution in [1.29, 1.82) is 0 Å². The molecule has 0 aliphatic carbocycles. The Balaban J connectivity index is 0.00000199. The quantitative estimate of drug-likeness (QED) is 0.429. The summed E-state index contributed by atoms with van der Waals surface area (Å²) in [6.07, 6.45) is 8.90. The Labute approximate surface area is 206 Å². The van der Waals surface area contributed by atoms with Gasteiger partial charge in [0.15, 0.2) is 0 Å². The highest BCUT2D eigenvalue weighted by Gasteiger charge is 2.25. The number of hydrogen-bond acceptors (Lipinski definition) is 5. The Hall–Kier alpha value is -3.36. The van der Waals surface area contributed by atoms with Crippen molar-refractivity contribution in [2.45, 2.75) is 27.2 Å². The summed E-state index contributed by atoms with van der Waals surface area (Å²) in [6, 6.07) is 15.0. The molecule has 0 radical (unpaired) electrons. The summed E-state index contributed by atoms with van der Waals surface area (Å²) < 4.78 is 0. The SMILES string of the molecule is C=C/C(=C\N(C)C)c1cccc(-c2c#cc(/C(C=NC)=C/C)c(N3CCC(CN)C3)n2)c1.CC. The fraction of sp³-hybridized carbons (Fsp3) is 0.379. The smallest absolute Gasteiger partial charge is 0.146 e. The van der Waals surface area contributed by atoms with Crippen LogP contribution in [0.15, 0.2) is 54.2 Å². The van der Waals surface area contributed by atoms with Crippen molar-refractivity contribution >= 4 is 23.2 Å². The van der Waals surface area contributed by atoms with Crippen LogP contribution in [0.2, 0.25) is 0 Å². The van der Waals surface area contributed by atoms with Crippen LogP contribution in [-0.2, 0) is 0 Å². The van der Waals surface area contributed by atoms with Gasteiger partial charge in [-0.3, -0.25) is 4.99 Å². The number of allylic oxidation sites excluding steroid dienone is 4. The predicted molar refractivity (Wildman–Crippen MR) is 148 cm³/mol. The Bertz CT molecular complexity index is 1030. The van der Waals surface area contributed by atoms with Crippen LogP contribution in [0.5, 0.6) is 0 Å². The van der Waals surface area contributed by atoms with Gasteiger partial charge >= 0.3 is 0 Å². The van der Waals surface area contributed by atoms with Gasteiger partial charge in [0.2, 0.25) is 0 Å². The highest BCUT2D eigenvalue weighted by atomic mass is 15.2. The maximum atomic E-state index is 5.95. The Morgan fingerprint density at radius 2 is 2.06 bits per heavy atom. The number of rotatable bonds is 8. The van der Waals surface area contributed by atoms with E-state index in [-0.39, 0.29) is 0 Å². The molecule has 0 amide bonds. The normalized spacial score (nSPS) is 16.2. The molecule has 0 spiro atoms. The van der Waals surface area contributed by atoms with Crippen LogP contribution >= 0.6 is 0 Å². The zero-order valence-corrected chi connectivity index (χ0v) is 21.6. The van der Waals surface area contributed by atoms with E-state index in [2.05, 4.69) is 53.0 Å². The summed E-state index contributed by atoms with van der Waals surface area (Å²) in [4.78, 5) is 13.6. The first-order chi connectivity index (χ1) is 16.5. The summed E-state index contributed by atoms with van der Waals surface area (Å²) in [5.41, 5.74) is 11.8. The van der Waals surface area contributed by atoms with Gasteiger partial charge in [-0.15, -0.1) is 0 Å². The number of anilines is 1. The van der Waals surface area contributed by atoms with E-state index in [0.29, 0.717) is 12.5 Å². The lowest BCUT2D eigenvalue weighted by Gasteiger charge is -2.20. The first kappa shape index (κ1) is 26.9. The van der Waals surface area contributed by atoms with Crippen LogP contribution in [0.25, 0.3) is 22.4 Å². The predicted octanol–water partition coefficient (Wildman–Crippen LogP) is 5.35. The molecule has 1 aliphatic heterocycles. The van der Waals surface area contributed by atoms with Gasteiger partial charge < -0.3 is 15.5 Å². The summed E-state index contributed by atoms with van der Waals surface area (Å²) in [5, 5.41) is 0. The van der Waals surface area contributed by atoms with Crippen LogP contribution in [0, 0.1) is 18.1 Å². The first-order valence-electron chi connectivity index (χ1n) is 12.0. The second-order valence-electron chi connectivity index (χ2n) is 8.21. The molecule has 34 heavy (non-hydrogen) atoms. The molecule has 2 heterocycles. The molecule has 1 atom stereocenters. The highest BCUT2D eigenvalue weighted by molar-refractivity contribution is 6.11. The third-order valence-corrected chi connectivity index (χ3v) is 5.62. The van der Waals surface area contributed by atoms with Crippen LogP contribution in [0.1, 0.15) is 38.3 Å². The van der Waals surface area contributed by atoms with Crippen LogP contribution in [0.3, 0.4) is 0 Å². The fourth-order valence-corrected chi connectivity index (χ4v) is 3.94. The number of hydrogen-bond donors (Lipinski definition) is 1. The van der Waals surface area contributed by atoms with Crippen LogP contribution < -0.4 is 10.6 Å². The van der Waals surface area contributed by atoms with E-state index in [9.17, 15) is 0 Å². The van der Waals surface area contributed by atoms with E-state index in [0.717, 1.165) is 58.9 Å². The van der Waals surface area contributed by atoms with E-state index in [1.807, 2.05) is 64.2 Å².